The van der Waals surface area contributed by atoms with E-state index < -0.39 is 0 Å². The van der Waals surface area contributed by atoms with Gasteiger partial charge in [-0.3, -0.25) is 4.98 Å². The molecule has 0 amide bonds. The number of hydrogen-bond acceptors (Lipinski definition) is 1. The Labute approximate surface area is 110 Å². The summed E-state index contributed by atoms with van der Waals surface area (Å²) in [5.74, 6) is 0. The van der Waals surface area contributed by atoms with E-state index in [0.29, 0.717) is 20.6 Å². The smallest absolute Gasteiger partial charge is 0.0908 e. The Balaban J connectivity index is 2.98. The molecule has 0 spiro atoms. The number of rotatable bonds is 0. The van der Waals surface area contributed by atoms with Crippen LogP contribution in [0, 0.1) is 6.92 Å². The molecule has 0 aliphatic carbocycles. The first kappa shape index (κ1) is 11.5. The van der Waals surface area contributed by atoms with Crippen molar-refractivity contribution in [1.82, 2.24) is 4.98 Å². The van der Waals surface area contributed by atoms with E-state index in [1.165, 1.54) is 0 Å². The summed E-state index contributed by atoms with van der Waals surface area (Å²) in [6.07, 6.45) is 0. The zero-order chi connectivity index (χ0) is 11.2. The summed E-state index contributed by atoms with van der Waals surface area (Å²) in [6, 6.07) is 3.41. The minimum absolute atomic E-state index is 0.509. The van der Waals surface area contributed by atoms with Gasteiger partial charge in [0.1, 0.15) is 0 Å². The lowest BCUT2D eigenvalue weighted by Gasteiger charge is -2.07. The number of aromatic nitrogens is 1. The molecule has 1 aromatic heterocycles. The molecule has 0 radical (unpaired) electrons. The molecule has 0 atom stereocenters. The molecule has 0 aliphatic rings. The van der Waals surface area contributed by atoms with Gasteiger partial charge in [-0.1, -0.05) is 34.8 Å². The standard InChI is InChI=1S/C10H5BrCl3N/c1-4-8(11)9(14)6-2-5(12)3-7(13)10(6)15-4/h2-3H,1H3. The fourth-order valence-corrected chi connectivity index (χ4v) is 2.46. The molecule has 0 N–H and O–H groups in total. The number of pyridine rings is 1. The van der Waals surface area contributed by atoms with Crippen LogP contribution in [0.2, 0.25) is 15.1 Å². The van der Waals surface area contributed by atoms with Gasteiger partial charge in [0, 0.05) is 10.4 Å². The van der Waals surface area contributed by atoms with E-state index in [1.807, 2.05) is 6.92 Å². The quantitative estimate of drug-likeness (QED) is 0.643. The maximum absolute atomic E-state index is 6.17. The summed E-state index contributed by atoms with van der Waals surface area (Å²) in [5, 5.41) is 2.40. The number of aryl methyl sites for hydroxylation is 1. The first-order chi connectivity index (χ1) is 7.00. The number of halogens is 4. The van der Waals surface area contributed by atoms with Crippen molar-refractivity contribution >= 4 is 61.6 Å². The third-order valence-electron chi connectivity index (χ3n) is 2.05. The van der Waals surface area contributed by atoms with Crippen LogP contribution >= 0.6 is 50.7 Å². The average molecular weight is 325 g/mol. The highest BCUT2D eigenvalue weighted by Crippen LogP contribution is 2.36. The van der Waals surface area contributed by atoms with Gasteiger partial charge in [-0.2, -0.15) is 0 Å². The third kappa shape index (κ3) is 1.96. The molecule has 0 fully saturated rings. The van der Waals surface area contributed by atoms with Gasteiger partial charge in [-0.05, 0) is 35.0 Å². The zero-order valence-electron chi connectivity index (χ0n) is 7.61. The van der Waals surface area contributed by atoms with Crippen LogP contribution in [0.25, 0.3) is 10.9 Å². The Hall–Kier alpha value is -0.0200. The van der Waals surface area contributed by atoms with Crippen molar-refractivity contribution in [3.8, 4) is 0 Å². The van der Waals surface area contributed by atoms with Crippen molar-refractivity contribution in [2.75, 3.05) is 0 Å². The van der Waals surface area contributed by atoms with E-state index in [4.69, 9.17) is 34.8 Å². The summed E-state index contributed by atoms with van der Waals surface area (Å²) < 4.78 is 0.773. The molecule has 1 aromatic carbocycles. The van der Waals surface area contributed by atoms with Gasteiger partial charge in [0.05, 0.1) is 25.7 Å². The molecule has 2 rings (SSSR count). The predicted octanol–water partition coefficient (Wildman–Crippen LogP) is 5.27. The summed E-state index contributed by atoms with van der Waals surface area (Å²) in [6.45, 7) is 1.86. The van der Waals surface area contributed by atoms with Crippen molar-refractivity contribution in [3.05, 3.63) is 37.4 Å². The maximum Gasteiger partial charge on any atom is 0.0908 e. The van der Waals surface area contributed by atoms with Crippen molar-refractivity contribution in [1.29, 1.82) is 0 Å². The van der Waals surface area contributed by atoms with E-state index >= 15 is 0 Å². The van der Waals surface area contributed by atoms with Crippen LogP contribution in [0.15, 0.2) is 16.6 Å². The Morgan fingerprint density at radius 1 is 1.20 bits per heavy atom. The van der Waals surface area contributed by atoms with E-state index in [1.54, 1.807) is 12.1 Å². The summed E-state index contributed by atoms with van der Waals surface area (Å²) in [5.41, 5.74) is 1.48. The molecule has 0 aliphatic heterocycles. The second kappa shape index (κ2) is 4.10. The number of benzene rings is 1. The van der Waals surface area contributed by atoms with Gasteiger partial charge in [0.2, 0.25) is 0 Å². The Morgan fingerprint density at radius 3 is 2.53 bits per heavy atom. The molecule has 0 saturated heterocycles. The van der Waals surface area contributed by atoms with Crippen LogP contribution in [0.4, 0.5) is 0 Å². The second-order valence-corrected chi connectivity index (χ2v) is 5.12. The fraction of sp³-hybridized carbons (Fsp3) is 0.100. The molecular weight excluding hydrogens is 320 g/mol. The molecular formula is C10H5BrCl3N. The van der Waals surface area contributed by atoms with E-state index in [2.05, 4.69) is 20.9 Å². The SMILES string of the molecule is Cc1nc2c(Cl)cc(Cl)cc2c(Cl)c1Br. The lowest BCUT2D eigenvalue weighted by molar-refractivity contribution is 1.23. The normalized spacial score (nSPS) is 11.0. The van der Waals surface area contributed by atoms with E-state index in [9.17, 15) is 0 Å². The molecule has 1 heterocycles. The Bertz CT molecular complexity index is 554. The van der Waals surface area contributed by atoms with Crippen LogP contribution in [-0.2, 0) is 0 Å². The van der Waals surface area contributed by atoms with Gasteiger partial charge >= 0.3 is 0 Å². The molecule has 0 saturated carbocycles. The Morgan fingerprint density at radius 2 is 1.87 bits per heavy atom. The van der Waals surface area contributed by atoms with Gasteiger partial charge < -0.3 is 0 Å². The number of nitrogens with zero attached hydrogens (tertiary/aromatic N) is 1. The first-order valence-electron chi connectivity index (χ1n) is 4.11. The molecule has 0 bridgehead atoms. The minimum atomic E-state index is 0.509. The lowest BCUT2D eigenvalue weighted by atomic mass is 10.2. The van der Waals surface area contributed by atoms with Crippen LogP contribution < -0.4 is 0 Å². The van der Waals surface area contributed by atoms with Crippen LogP contribution in [0.3, 0.4) is 0 Å². The van der Waals surface area contributed by atoms with Crippen molar-refractivity contribution in [3.63, 3.8) is 0 Å². The fourth-order valence-electron chi connectivity index (χ4n) is 1.34. The van der Waals surface area contributed by atoms with Crippen molar-refractivity contribution in [2.45, 2.75) is 6.92 Å². The van der Waals surface area contributed by atoms with Crippen molar-refractivity contribution in [2.24, 2.45) is 0 Å². The Kier molecular flexibility index (Phi) is 3.13. The van der Waals surface area contributed by atoms with E-state index in [0.717, 1.165) is 15.6 Å². The predicted molar refractivity (Wildman–Crippen MR) is 69.2 cm³/mol. The minimum Gasteiger partial charge on any atom is -0.250 e. The third-order valence-corrected chi connectivity index (χ3v) is 4.15. The highest BCUT2D eigenvalue weighted by atomic mass is 79.9. The average Bonchev–Trinajstić information content (AvgIpc) is 2.17. The summed E-state index contributed by atoms with van der Waals surface area (Å²) in [7, 11) is 0. The summed E-state index contributed by atoms with van der Waals surface area (Å²) >= 11 is 21.5. The highest BCUT2D eigenvalue weighted by molar-refractivity contribution is 9.10. The molecule has 15 heavy (non-hydrogen) atoms. The lowest BCUT2D eigenvalue weighted by Crippen LogP contribution is -1.88. The van der Waals surface area contributed by atoms with Gasteiger partial charge in [0.25, 0.3) is 0 Å². The van der Waals surface area contributed by atoms with Gasteiger partial charge in [-0.25, -0.2) is 0 Å². The highest BCUT2D eigenvalue weighted by Gasteiger charge is 2.11. The molecule has 5 heteroatoms. The van der Waals surface area contributed by atoms with Crippen LogP contribution in [-0.4, -0.2) is 4.98 Å². The monoisotopic (exact) mass is 323 g/mol. The van der Waals surface area contributed by atoms with Crippen molar-refractivity contribution < 1.29 is 0 Å². The van der Waals surface area contributed by atoms with Crippen LogP contribution in [0.1, 0.15) is 5.69 Å². The second-order valence-electron chi connectivity index (χ2n) is 3.11. The van der Waals surface area contributed by atoms with Crippen LogP contribution in [0.5, 0.6) is 0 Å². The largest absolute Gasteiger partial charge is 0.250 e. The molecule has 2 aromatic rings. The van der Waals surface area contributed by atoms with Gasteiger partial charge in [-0.15, -0.1) is 0 Å². The zero-order valence-corrected chi connectivity index (χ0v) is 11.5. The van der Waals surface area contributed by atoms with E-state index in [-0.39, 0.29) is 0 Å². The topological polar surface area (TPSA) is 12.9 Å². The molecule has 78 valence electrons. The maximum atomic E-state index is 6.17. The number of fused-ring (bicyclic) bond motifs is 1. The first-order valence-corrected chi connectivity index (χ1v) is 6.03. The molecule has 0 unspecified atom stereocenters. The summed E-state index contributed by atoms with van der Waals surface area (Å²) in [4.78, 5) is 4.35. The molecule has 1 nitrogen and oxygen atoms in total. The van der Waals surface area contributed by atoms with Gasteiger partial charge in [0.15, 0.2) is 0 Å². The number of hydrogen-bond donors (Lipinski definition) is 0.